The number of hydrogen-bond donors (Lipinski definition) is 2. The Balaban J connectivity index is 2.21. The Morgan fingerprint density at radius 1 is 1.44 bits per heavy atom. The number of nitrogens with zero attached hydrogens (tertiary/aromatic N) is 1. The first-order chi connectivity index (χ1) is 8.76. The minimum Gasteiger partial charge on any atom is -0.491 e. The molecular weight excluding hydrogens is 248 g/mol. The maximum atomic E-state index is 9.66. The fraction of sp³-hybridized carbons (Fsp3) is 0.462. The van der Waals surface area contributed by atoms with E-state index in [-0.39, 0.29) is 6.61 Å². The van der Waals surface area contributed by atoms with E-state index in [1.165, 1.54) is 0 Å². The summed E-state index contributed by atoms with van der Waals surface area (Å²) in [6.07, 6.45) is 1.52. The summed E-state index contributed by atoms with van der Waals surface area (Å²) >= 11 is 1.77. The van der Waals surface area contributed by atoms with Crippen molar-refractivity contribution in [3.8, 4) is 11.8 Å². The van der Waals surface area contributed by atoms with E-state index in [1.807, 2.05) is 12.3 Å². The molecule has 1 rings (SSSR count). The van der Waals surface area contributed by atoms with Crippen LogP contribution < -0.4 is 10.1 Å². The number of hydrogen-bond acceptors (Lipinski definition) is 5. The van der Waals surface area contributed by atoms with E-state index in [0.29, 0.717) is 17.9 Å². The van der Waals surface area contributed by atoms with E-state index < -0.39 is 6.10 Å². The highest BCUT2D eigenvalue weighted by molar-refractivity contribution is 7.98. The minimum atomic E-state index is -0.525. The third-order valence-electron chi connectivity index (χ3n) is 2.29. The van der Waals surface area contributed by atoms with Gasteiger partial charge in [0.2, 0.25) is 0 Å². The zero-order valence-corrected chi connectivity index (χ0v) is 11.2. The molecule has 0 saturated heterocycles. The predicted octanol–water partition coefficient (Wildman–Crippen LogP) is 1.25. The van der Waals surface area contributed by atoms with Crippen molar-refractivity contribution in [2.24, 2.45) is 0 Å². The number of rotatable bonds is 8. The molecule has 0 radical (unpaired) electrons. The van der Waals surface area contributed by atoms with Crippen molar-refractivity contribution in [3.63, 3.8) is 0 Å². The third kappa shape index (κ3) is 5.92. The zero-order chi connectivity index (χ0) is 13.2. The number of ether oxygens (including phenoxy) is 1. The van der Waals surface area contributed by atoms with E-state index in [1.54, 1.807) is 36.0 Å². The van der Waals surface area contributed by atoms with Gasteiger partial charge in [-0.05, 0) is 30.5 Å². The molecule has 5 heteroatoms. The van der Waals surface area contributed by atoms with Crippen LogP contribution >= 0.6 is 11.8 Å². The highest BCUT2D eigenvalue weighted by Gasteiger charge is 2.04. The molecule has 1 atom stereocenters. The first kappa shape index (κ1) is 14.8. The Morgan fingerprint density at radius 3 is 2.78 bits per heavy atom. The molecule has 1 aromatic rings. The van der Waals surface area contributed by atoms with Gasteiger partial charge in [-0.25, -0.2) is 0 Å². The summed E-state index contributed by atoms with van der Waals surface area (Å²) in [7, 11) is 0. The molecule has 0 fully saturated rings. The van der Waals surface area contributed by atoms with Crippen LogP contribution in [-0.4, -0.2) is 42.9 Å². The molecule has 98 valence electrons. The molecule has 0 aliphatic rings. The molecule has 0 heterocycles. The summed E-state index contributed by atoms with van der Waals surface area (Å²) < 4.78 is 5.42. The first-order valence-corrected chi connectivity index (χ1v) is 7.16. The zero-order valence-electron chi connectivity index (χ0n) is 10.4. The number of nitriles is 1. The summed E-state index contributed by atoms with van der Waals surface area (Å²) in [6.45, 7) is 1.66. The second-order valence-corrected chi connectivity index (χ2v) is 4.78. The summed E-state index contributed by atoms with van der Waals surface area (Å²) in [5.74, 6) is 1.69. The molecule has 0 amide bonds. The Bertz CT molecular complexity index is 376. The van der Waals surface area contributed by atoms with Crippen LogP contribution in [0.1, 0.15) is 5.56 Å². The average Bonchev–Trinajstić information content (AvgIpc) is 2.42. The molecule has 4 nitrogen and oxygen atoms in total. The van der Waals surface area contributed by atoms with Crippen LogP contribution in [0.2, 0.25) is 0 Å². The molecule has 2 N–H and O–H groups in total. The van der Waals surface area contributed by atoms with Crippen LogP contribution in [0, 0.1) is 11.3 Å². The molecule has 1 aromatic carbocycles. The maximum Gasteiger partial charge on any atom is 0.119 e. The van der Waals surface area contributed by atoms with Gasteiger partial charge in [0.1, 0.15) is 18.5 Å². The van der Waals surface area contributed by atoms with Gasteiger partial charge in [0.25, 0.3) is 0 Å². The van der Waals surface area contributed by atoms with Gasteiger partial charge in [-0.3, -0.25) is 0 Å². The van der Waals surface area contributed by atoms with Gasteiger partial charge >= 0.3 is 0 Å². The molecular formula is C13H18N2O2S. The fourth-order valence-electron chi connectivity index (χ4n) is 1.32. The molecule has 0 saturated carbocycles. The van der Waals surface area contributed by atoms with Gasteiger partial charge in [-0.2, -0.15) is 17.0 Å². The van der Waals surface area contributed by atoms with Crippen LogP contribution in [0.3, 0.4) is 0 Å². The lowest BCUT2D eigenvalue weighted by atomic mass is 10.2. The molecule has 0 spiro atoms. The molecule has 0 aromatic heterocycles. The van der Waals surface area contributed by atoms with Crippen molar-refractivity contribution in [2.75, 3.05) is 31.7 Å². The monoisotopic (exact) mass is 266 g/mol. The number of benzene rings is 1. The van der Waals surface area contributed by atoms with Gasteiger partial charge in [0.05, 0.1) is 11.6 Å². The Kier molecular flexibility index (Phi) is 7.26. The van der Waals surface area contributed by atoms with E-state index >= 15 is 0 Å². The van der Waals surface area contributed by atoms with Gasteiger partial charge < -0.3 is 15.2 Å². The average molecular weight is 266 g/mol. The van der Waals surface area contributed by atoms with E-state index in [4.69, 9.17) is 10.00 Å². The minimum absolute atomic E-state index is 0.248. The highest BCUT2D eigenvalue weighted by atomic mass is 32.2. The maximum absolute atomic E-state index is 9.66. The summed E-state index contributed by atoms with van der Waals surface area (Å²) in [5.41, 5.74) is 0.599. The second kappa shape index (κ2) is 8.81. The van der Waals surface area contributed by atoms with Crippen LogP contribution in [0.25, 0.3) is 0 Å². The van der Waals surface area contributed by atoms with E-state index in [9.17, 15) is 5.11 Å². The summed E-state index contributed by atoms with van der Waals surface area (Å²) in [6, 6.07) is 8.88. The van der Waals surface area contributed by atoms with Gasteiger partial charge in [0.15, 0.2) is 0 Å². The SMILES string of the molecule is CSCCNCC(O)COc1ccc(C#N)cc1. The van der Waals surface area contributed by atoms with Crippen LogP contribution in [0.15, 0.2) is 24.3 Å². The van der Waals surface area contributed by atoms with Crippen molar-refractivity contribution in [1.29, 1.82) is 5.26 Å². The number of nitrogens with one attached hydrogen (secondary N) is 1. The van der Waals surface area contributed by atoms with Crippen molar-refractivity contribution >= 4 is 11.8 Å². The second-order valence-electron chi connectivity index (χ2n) is 3.80. The fourth-order valence-corrected chi connectivity index (χ4v) is 1.67. The Morgan fingerprint density at radius 2 is 2.17 bits per heavy atom. The van der Waals surface area contributed by atoms with Crippen molar-refractivity contribution < 1.29 is 9.84 Å². The molecule has 0 aliphatic carbocycles. The van der Waals surface area contributed by atoms with E-state index in [2.05, 4.69) is 5.32 Å². The quantitative estimate of drug-likeness (QED) is 0.693. The lowest BCUT2D eigenvalue weighted by Gasteiger charge is -2.13. The normalized spacial score (nSPS) is 11.8. The topological polar surface area (TPSA) is 65.3 Å². The van der Waals surface area contributed by atoms with Crippen LogP contribution in [0.5, 0.6) is 5.75 Å². The number of thioether (sulfide) groups is 1. The Hall–Kier alpha value is -1.22. The van der Waals surface area contributed by atoms with Crippen molar-refractivity contribution in [1.82, 2.24) is 5.32 Å². The molecule has 1 unspecified atom stereocenters. The first-order valence-electron chi connectivity index (χ1n) is 5.77. The van der Waals surface area contributed by atoms with Crippen molar-refractivity contribution in [3.05, 3.63) is 29.8 Å². The Labute approximate surface area is 112 Å². The summed E-state index contributed by atoms with van der Waals surface area (Å²) in [4.78, 5) is 0. The van der Waals surface area contributed by atoms with Gasteiger partial charge in [-0.15, -0.1) is 0 Å². The lowest BCUT2D eigenvalue weighted by molar-refractivity contribution is 0.107. The van der Waals surface area contributed by atoms with Crippen molar-refractivity contribution in [2.45, 2.75) is 6.10 Å². The van der Waals surface area contributed by atoms with Gasteiger partial charge in [-0.1, -0.05) is 0 Å². The standard InChI is InChI=1S/C13H18N2O2S/c1-18-7-6-15-9-12(16)10-17-13-4-2-11(8-14)3-5-13/h2-5,12,15-16H,6-7,9-10H2,1H3. The number of aliphatic hydroxyl groups excluding tert-OH is 1. The van der Waals surface area contributed by atoms with Crippen LogP contribution in [-0.2, 0) is 0 Å². The lowest BCUT2D eigenvalue weighted by Crippen LogP contribution is -2.32. The third-order valence-corrected chi connectivity index (χ3v) is 2.90. The largest absolute Gasteiger partial charge is 0.491 e. The smallest absolute Gasteiger partial charge is 0.119 e. The molecule has 0 aliphatic heterocycles. The number of aliphatic hydroxyl groups is 1. The predicted molar refractivity (Wildman–Crippen MR) is 73.9 cm³/mol. The molecule has 18 heavy (non-hydrogen) atoms. The van der Waals surface area contributed by atoms with Gasteiger partial charge in [0, 0.05) is 18.8 Å². The van der Waals surface area contributed by atoms with Crippen LogP contribution in [0.4, 0.5) is 0 Å². The molecule has 0 bridgehead atoms. The summed E-state index contributed by atoms with van der Waals surface area (Å²) in [5, 5.41) is 21.5. The highest BCUT2D eigenvalue weighted by Crippen LogP contribution is 2.11. The van der Waals surface area contributed by atoms with E-state index in [0.717, 1.165) is 12.3 Å².